The number of alkyl halides is 1. The normalized spacial score (nSPS) is 34.9. The molecule has 10 nitrogen and oxygen atoms in total. The third-order valence-electron chi connectivity index (χ3n) is 11.9. The van der Waals surface area contributed by atoms with E-state index in [-0.39, 0.29) is 48.3 Å². The van der Waals surface area contributed by atoms with Crippen LogP contribution in [-0.2, 0) is 30.3 Å². The standard InChI is InChI=1S/C37H46ClN3O7/c1-7-10-46-25-14-24(17-39-18-25)41-19-22-15-35(5)23(13-28(22)40-41)12-27(38)33-26-11-21(4)37(48-32(45)9-3,30(43)20-47-31(44)8-2)36(26,6)16-29(42)34(33)35/h7,13-14,17-19,21,26-27,29,33-34,42H,1,8-12,15-16,20H2,2-6H3/t21-,26+,27-,29+,33-,34+,35+,36+,37?/m1/s1. The molecular weight excluding hydrogens is 634 g/mol. The summed E-state index contributed by atoms with van der Waals surface area (Å²) in [7, 11) is 0. The number of aromatic nitrogens is 3. The lowest BCUT2D eigenvalue weighted by atomic mass is 9.45. The van der Waals surface area contributed by atoms with Crippen LogP contribution in [0.1, 0.15) is 78.0 Å². The van der Waals surface area contributed by atoms with Crippen molar-refractivity contribution in [2.24, 2.45) is 34.5 Å². The Hall–Kier alpha value is -3.50. The Kier molecular flexibility index (Phi) is 9.13. The molecule has 11 heteroatoms. The van der Waals surface area contributed by atoms with Crippen LogP contribution in [0.3, 0.4) is 0 Å². The van der Waals surface area contributed by atoms with E-state index in [2.05, 4.69) is 24.6 Å². The van der Waals surface area contributed by atoms with Crippen molar-refractivity contribution in [1.29, 1.82) is 0 Å². The van der Waals surface area contributed by atoms with Crippen molar-refractivity contribution >= 4 is 35.4 Å². The van der Waals surface area contributed by atoms with Crippen LogP contribution in [0.15, 0.2) is 42.9 Å². The Morgan fingerprint density at radius 1 is 1.19 bits per heavy atom. The number of allylic oxidation sites excluding steroid dienone is 1. The lowest BCUT2D eigenvalue weighted by Gasteiger charge is -2.61. The molecule has 0 aromatic carbocycles. The van der Waals surface area contributed by atoms with Gasteiger partial charge >= 0.3 is 11.9 Å². The van der Waals surface area contributed by atoms with Crippen LogP contribution in [0.4, 0.5) is 0 Å². The smallest absolute Gasteiger partial charge is 0.306 e. The Bertz CT molecular complexity index is 1650. The molecule has 48 heavy (non-hydrogen) atoms. The molecule has 2 aromatic heterocycles. The average molecular weight is 680 g/mol. The highest BCUT2D eigenvalue weighted by Crippen LogP contribution is 2.70. The van der Waals surface area contributed by atoms with Gasteiger partial charge in [0, 0.05) is 41.8 Å². The molecule has 258 valence electrons. The van der Waals surface area contributed by atoms with E-state index in [1.54, 1.807) is 32.3 Å². The average Bonchev–Trinajstić information content (AvgIpc) is 3.56. The number of halogens is 1. The third kappa shape index (κ3) is 5.30. The first-order valence-corrected chi connectivity index (χ1v) is 17.5. The zero-order valence-corrected chi connectivity index (χ0v) is 29.2. The van der Waals surface area contributed by atoms with Crippen molar-refractivity contribution < 1.29 is 33.7 Å². The number of ether oxygens (including phenoxy) is 3. The molecule has 4 aliphatic rings. The van der Waals surface area contributed by atoms with E-state index >= 15 is 0 Å². The fourth-order valence-corrected chi connectivity index (χ4v) is 10.3. The zero-order valence-electron chi connectivity index (χ0n) is 28.4. The summed E-state index contributed by atoms with van der Waals surface area (Å²) in [5.74, 6) is -1.66. The number of rotatable bonds is 10. The molecule has 6 rings (SSSR count). The number of carbonyl (C=O) groups is 3. The van der Waals surface area contributed by atoms with Gasteiger partial charge in [-0.25, -0.2) is 4.68 Å². The van der Waals surface area contributed by atoms with Crippen molar-refractivity contribution in [2.75, 3.05) is 13.2 Å². The van der Waals surface area contributed by atoms with E-state index in [0.717, 1.165) is 22.5 Å². The van der Waals surface area contributed by atoms with Gasteiger partial charge in [-0.05, 0) is 60.5 Å². The molecule has 0 bridgehead atoms. The molecule has 4 aliphatic carbocycles. The minimum absolute atomic E-state index is 0.0917. The summed E-state index contributed by atoms with van der Waals surface area (Å²) < 4.78 is 19.0. The number of carbonyl (C=O) groups excluding carboxylic acids is 3. The molecule has 2 heterocycles. The van der Waals surface area contributed by atoms with Crippen molar-refractivity contribution in [2.45, 2.75) is 90.2 Å². The predicted octanol–water partition coefficient (Wildman–Crippen LogP) is 5.66. The molecule has 2 aromatic rings. The molecule has 0 aliphatic heterocycles. The number of aliphatic hydroxyl groups excluding tert-OH is 1. The summed E-state index contributed by atoms with van der Waals surface area (Å²) >= 11 is 7.36. The van der Waals surface area contributed by atoms with Gasteiger partial charge in [-0.1, -0.05) is 52.8 Å². The van der Waals surface area contributed by atoms with Gasteiger partial charge < -0.3 is 19.3 Å². The third-order valence-corrected chi connectivity index (χ3v) is 12.3. The van der Waals surface area contributed by atoms with E-state index < -0.39 is 46.9 Å². The fraction of sp³-hybridized carbons (Fsp3) is 0.595. The number of hydrogen-bond acceptors (Lipinski definition) is 9. The van der Waals surface area contributed by atoms with E-state index in [1.165, 1.54) is 0 Å². The summed E-state index contributed by atoms with van der Waals surface area (Å²) in [6.07, 6.45) is 10.7. The number of nitrogens with zero attached hydrogens (tertiary/aromatic N) is 3. The maximum atomic E-state index is 14.2. The van der Waals surface area contributed by atoms with E-state index in [0.29, 0.717) is 31.6 Å². The van der Waals surface area contributed by atoms with Gasteiger partial charge in [0.2, 0.25) is 5.78 Å². The van der Waals surface area contributed by atoms with Gasteiger partial charge in [-0.15, -0.1) is 11.6 Å². The second kappa shape index (κ2) is 12.8. The first-order chi connectivity index (χ1) is 22.8. The number of pyridine rings is 1. The summed E-state index contributed by atoms with van der Waals surface area (Å²) in [6.45, 7) is 13.1. The van der Waals surface area contributed by atoms with E-state index in [9.17, 15) is 19.5 Å². The Morgan fingerprint density at radius 2 is 1.94 bits per heavy atom. The van der Waals surface area contributed by atoms with Crippen LogP contribution in [0.5, 0.6) is 5.75 Å². The van der Waals surface area contributed by atoms with Crippen molar-refractivity contribution in [1.82, 2.24) is 14.8 Å². The van der Waals surface area contributed by atoms with Gasteiger partial charge in [0.05, 0.1) is 29.9 Å². The van der Waals surface area contributed by atoms with Crippen molar-refractivity contribution in [3.8, 4) is 11.4 Å². The Morgan fingerprint density at radius 3 is 2.65 bits per heavy atom. The molecule has 1 unspecified atom stereocenters. The summed E-state index contributed by atoms with van der Waals surface area (Å²) in [5, 5.41) is 16.8. The van der Waals surface area contributed by atoms with Gasteiger partial charge in [0.15, 0.2) is 12.2 Å². The van der Waals surface area contributed by atoms with Crippen LogP contribution < -0.4 is 4.74 Å². The first kappa shape index (κ1) is 34.4. The minimum Gasteiger partial charge on any atom is -0.488 e. The molecule has 3 saturated carbocycles. The van der Waals surface area contributed by atoms with Crippen molar-refractivity contribution in [3.05, 3.63) is 54.1 Å². The highest BCUT2D eigenvalue weighted by molar-refractivity contribution is 6.21. The first-order valence-electron chi connectivity index (χ1n) is 17.0. The van der Waals surface area contributed by atoms with Gasteiger partial charge in [-0.3, -0.25) is 19.4 Å². The quantitative estimate of drug-likeness (QED) is 0.192. The number of Topliss-reactive ketones (excluding diaryl/α,β-unsaturated/α-hetero) is 1. The number of fused-ring (bicyclic) bond motifs is 6. The lowest BCUT2D eigenvalue weighted by Crippen LogP contribution is -2.66. The number of esters is 2. The van der Waals surface area contributed by atoms with Crippen molar-refractivity contribution in [3.63, 3.8) is 0 Å². The molecule has 0 radical (unpaired) electrons. The number of ketones is 1. The largest absolute Gasteiger partial charge is 0.488 e. The van der Waals surface area contributed by atoms with Gasteiger partial charge in [-0.2, -0.15) is 5.10 Å². The van der Waals surface area contributed by atoms with Crippen LogP contribution in [0.25, 0.3) is 11.8 Å². The molecule has 3 fully saturated rings. The minimum atomic E-state index is -1.56. The van der Waals surface area contributed by atoms with Crippen LogP contribution >= 0.6 is 11.6 Å². The van der Waals surface area contributed by atoms with Crippen LogP contribution in [-0.4, -0.2) is 67.9 Å². The number of hydrogen-bond donors (Lipinski definition) is 1. The highest BCUT2D eigenvalue weighted by atomic mass is 35.5. The van der Waals surface area contributed by atoms with Crippen LogP contribution in [0.2, 0.25) is 0 Å². The van der Waals surface area contributed by atoms with E-state index in [1.807, 2.05) is 30.8 Å². The zero-order chi connectivity index (χ0) is 34.6. The highest BCUT2D eigenvalue weighted by Gasteiger charge is 2.74. The van der Waals surface area contributed by atoms with E-state index in [4.69, 9.17) is 30.9 Å². The molecule has 1 N–H and O–H groups in total. The SMILES string of the molecule is C=CCOc1cncc(-n2cc3c(n2)C=C2C[C@@H](Cl)[C@@H]4[C@H]([C@@H](O)C[C@@]5(C)[C@H]4C[C@@H](C)C5(OC(=O)CC)C(=O)COC(=O)CC)[C@@]2(C)C3)c1. The monoisotopic (exact) mass is 679 g/mol. The molecule has 0 amide bonds. The molecule has 0 spiro atoms. The Balaban J connectivity index is 1.35. The maximum Gasteiger partial charge on any atom is 0.306 e. The molecular formula is C37H46ClN3O7. The second-order valence-electron chi connectivity index (χ2n) is 14.5. The Labute approximate surface area is 286 Å². The second-order valence-corrected chi connectivity index (χ2v) is 15.0. The molecule has 0 saturated heterocycles. The summed E-state index contributed by atoms with van der Waals surface area (Å²) in [6, 6.07) is 1.89. The topological polar surface area (TPSA) is 130 Å². The van der Waals surface area contributed by atoms with Gasteiger partial charge in [0.25, 0.3) is 0 Å². The maximum absolute atomic E-state index is 14.2. The summed E-state index contributed by atoms with van der Waals surface area (Å²) in [5.41, 5.74) is 0.953. The molecule has 9 atom stereocenters. The van der Waals surface area contributed by atoms with Crippen LogP contribution in [0, 0.1) is 34.5 Å². The number of aliphatic hydroxyl groups is 1. The summed E-state index contributed by atoms with van der Waals surface area (Å²) in [4.78, 5) is 43.6. The fourth-order valence-electron chi connectivity index (χ4n) is 9.79. The predicted molar refractivity (Wildman–Crippen MR) is 179 cm³/mol. The van der Waals surface area contributed by atoms with Gasteiger partial charge in [0.1, 0.15) is 12.4 Å². The lowest BCUT2D eigenvalue weighted by molar-refractivity contribution is -0.207.